The predicted molar refractivity (Wildman–Crippen MR) is 374 cm³/mol. The van der Waals surface area contributed by atoms with E-state index < -0.39 is 101 Å². The zero-order chi connectivity index (χ0) is 74.7. The lowest BCUT2D eigenvalue weighted by Gasteiger charge is -2.27. The van der Waals surface area contributed by atoms with E-state index in [2.05, 4.69) is 37.2 Å². The summed E-state index contributed by atoms with van der Waals surface area (Å²) in [6, 6.07) is 12.8. The van der Waals surface area contributed by atoms with E-state index in [1.807, 2.05) is 53.7 Å². The van der Waals surface area contributed by atoms with Crippen LogP contribution < -0.4 is 48.7 Å². The van der Waals surface area contributed by atoms with Crippen molar-refractivity contribution < 1.29 is 81.4 Å². The number of carbonyl (C=O) groups is 15. The van der Waals surface area contributed by atoms with Crippen LogP contribution in [0.4, 0.5) is 9.59 Å². The molecule has 0 bridgehead atoms. The molecule has 3 fully saturated rings. The lowest BCUT2D eigenvalue weighted by Crippen LogP contribution is -2.54. The Kier molecular flexibility index (Phi) is 31.7. The second-order valence-electron chi connectivity index (χ2n) is 27.4. The van der Waals surface area contributed by atoms with Gasteiger partial charge in [0.2, 0.25) is 35.4 Å². The topological polar surface area (TPSA) is 420 Å². The first-order valence-corrected chi connectivity index (χ1v) is 35.3. The number of aldehydes is 1. The van der Waals surface area contributed by atoms with Crippen molar-refractivity contribution in [3.05, 3.63) is 105 Å². The van der Waals surface area contributed by atoms with Crippen LogP contribution in [0.3, 0.4) is 0 Å². The van der Waals surface area contributed by atoms with Crippen molar-refractivity contribution in [1.82, 2.24) is 51.9 Å². The number of hydrogen-bond donors (Lipinski definition) is 9. The van der Waals surface area contributed by atoms with Crippen LogP contribution in [0.2, 0.25) is 0 Å². The number of aryl methyl sites for hydroxylation is 3. The Balaban J connectivity index is 0.000000224. The Morgan fingerprint density at radius 2 is 0.745 bits per heavy atom. The summed E-state index contributed by atoms with van der Waals surface area (Å²) >= 11 is 0. The SMILES string of the molecule is CC(C)(C)OC(=O)NCCCCC=O.CC(C)(C)OC(=O)NCCCCCNCCCc1cccc2c1C(=O)N(C1CCC(=O)NC1=O)C2=O.NCCCCCNCCCc1cccc2c1C(=O)N(C1CCC(=O)NC1=O)C2=O.NCCCc1cccc2c1C(=O)N(C1CCC(=O)NC1=O)C2=O. The van der Waals surface area contributed by atoms with Gasteiger partial charge in [0.05, 0.1) is 33.4 Å². The summed E-state index contributed by atoms with van der Waals surface area (Å²) in [4.78, 5) is 183. The predicted octanol–water partition coefficient (Wildman–Crippen LogP) is 4.90. The fourth-order valence-corrected chi connectivity index (χ4v) is 12.2. The number of nitrogens with one attached hydrogen (secondary N) is 7. The maximum Gasteiger partial charge on any atom is 0.407 e. The molecule has 29 nitrogen and oxygen atoms in total. The molecule has 3 aromatic rings. The zero-order valence-electron chi connectivity index (χ0n) is 59.4. The van der Waals surface area contributed by atoms with Crippen LogP contribution in [0.25, 0.3) is 0 Å². The molecule has 14 amide bonds. The lowest BCUT2D eigenvalue weighted by molar-refractivity contribution is -0.137. The van der Waals surface area contributed by atoms with Crippen molar-refractivity contribution in [2.45, 2.75) is 206 Å². The van der Waals surface area contributed by atoms with Gasteiger partial charge in [-0.1, -0.05) is 49.2 Å². The van der Waals surface area contributed by atoms with Gasteiger partial charge in [-0.25, -0.2) is 9.59 Å². The number of carbonyl (C=O) groups excluding carboxylic acids is 15. The number of amides is 14. The van der Waals surface area contributed by atoms with Crippen molar-refractivity contribution in [2.75, 3.05) is 52.4 Å². The number of piperidine rings is 3. The van der Waals surface area contributed by atoms with Gasteiger partial charge in [0.1, 0.15) is 35.6 Å². The fraction of sp³-hybridized carbons (Fsp3) is 0.548. The highest BCUT2D eigenvalue weighted by Crippen LogP contribution is 2.34. The van der Waals surface area contributed by atoms with Gasteiger partial charge in [-0.2, -0.15) is 0 Å². The third kappa shape index (κ3) is 23.6. The molecule has 3 unspecified atom stereocenters. The standard InChI is InChI=1S/C26H36N4O6.C21H28N4O4.C16H17N3O4.C10H19NO3/c1-26(2,3)36-25(35)28-16-6-4-5-14-27-15-8-10-17-9-7-11-18-21(17)24(34)30(23(18)33)19-12-13-20(31)29-22(19)32;22-11-2-1-3-12-23-13-5-7-14-6-4-8-15-18(14)21(29)25(20(15)28)16-9-10-17(26)24-19(16)27;17-8-2-4-9-3-1-5-10-13(9)16(23)19(15(10)22)11-6-7-12(20)18-14(11)21;1-10(2,3)14-9(13)11-7-5-4-6-8-12/h7,9,11,19,27H,4-6,8,10,12-16H2,1-3H3,(H,28,35)(H,29,31,32);4,6,8,16,23H,1-3,5,7,9-13,22H2,(H,24,26,27);1,3,5,11H,2,4,6-8,17H2,(H,18,20,21);8H,4-7H2,1-3H3,(H,11,13). The Labute approximate surface area is 594 Å². The van der Waals surface area contributed by atoms with Crippen molar-refractivity contribution in [2.24, 2.45) is 11.5 Å². The van der Waals surface area contributed by atoms with E-state index in [9.17, 15) is 71.9 Å². The van der Waals surface area contributed by atoms with Crippen molar-refractivity contribution >= 4 is 89.4 Å². The van der Waals surface area contributed by atoms with E-state index in [-0.39, 0.29) is 50.3 Å². The van der Waals surface area contributed by atoms with E-state index in [1.165, 1.54) is 0 Å². The largest absolute Gasteiger partial charge is 0.444 e. The van der Waals surface area contributed by atoms with Gasteiger partial charge in [0, 0.05) is 38.8 Å². The molecule has 11 N–H and O–H groups in total. The van der Waals surface area contributed by atoms with Gasteiger partial charge < -0.3 is 47.0 Å². The summed E-state index contributed by atoms with van der Waals surface area (Å²) in [6.45, 7) is 16.7. The number of ether oxygens (including phenoxy) is 2. The zero-order valence-corrected chi connectivity index (χ0v) is 59.4. The molecule has 6 aliphatic heterocycles. The monoisotopic (exact) mass is 1420 g/mol. The summed E-state index contributed by atoms with van der Waals surface area (Å²) in [5, 5.41) is 18.8. The molecule has 29 heteroatoms. The normalized spacial score (nSPS) is 17.8. The van der Waals surface area contributed by atoms with Gasteiger partial charge in [-0.05, 0) is 212 Å². The quantitative estimate of drug-likeness (QED) is 0.0243. The minimum atomic E-state index is -0.955. The summed E-state index contributed by atoms with van der Waals surface area (Å²) in [5.74, 6) is -5.73. The number of rotatable bonds is 30. The summed E-state index contributed by atoms with van der Waals surface area (Å²) in [5.41, 5.74) is 14.5. The first kappa shape index (κ1) is 81.5. The van der Waals surface area contributed by atoms with Gasteiger partial charge in [0.15, 0.2) is 0 Å². The highest BCUT2D eigenvalue weighted by atomic mass is 16.6. The third-order valence-corrected chi connectivity index (χ3v) is 17.1. The third-order valence-electron chi connectivity index (χ3n) is 17.1. The van der Waals surface area contributed by atoms with Crippen LogP contribution in [-0.2, 0) is 62.3 Å². The fourth-order valence-electron chi connectivity index (χ4n) is 12.2. The molecule has 0 spiro atoms. The second kappa shape index (κ2) is 39.7. The molecule has 0 saturated carbocycles. The van der Waals surface area contributed by atoms with E-state index in [0.717, 1.165) is 135 Å². The maximum absolute atomic E-state index is 13.1. The summed E-state index contributed by atoms with van der Waals surface area (Å²) < 4.78 is 10.2. The number of nitrogens with two attached hydrogens (primary N) is 2. The maximum atomic E-state index is 13.1. The second-order valence-corrected chi connectivity index (χ2v) is 27.4. The minimum Gasteiger partial charge on any atom is -0.444 e. The number of alkyl carbamates (subject to hydrolysis) is 2. The molecule has 3 atom stereocenters. The number of fused-ring (bicyclic) bond motifs is 3. The van der Waals surface area contributed by atoms with Crippen molar-refractivity contribution in [3.8, 4) is 0 Å². The molecule has 554 valence electrons. The highest BCUT2D eigenvalue weighted by molar-refractivity contribution is 6.26. The Morgan fingerprint density at radius 3 is 1.07 bits per heavy atom. The Morgan fingerprint density at radius 1 is 0.431 bits per heavy atom. The van der Waals surface area contributed by atoms with E-state index in [1.54, 1.807) is 42.5 Å². The number of unbranched alkanes of at least 4 members (excludes halogenated alkanes) is 6. The van der Waals surface area contributed by atoms with Crippen LogP contribution in [-0.4, -0.2) is 186 Å². The van der Waals surface area contributed by atoms with E-state index in [4.69, 9.17) is 20.9 Å². The summed E-state index contributed by atoms with van der Waals surface area (Å²) in [6.07, 6.45) is 13.3. The Bertz CT molecular complexity index is 3580. The molecular formula is C73H100N12O17. The van der Waals surface area contributed by atoms with Crippen LogP contribution in [0.1, 0.15) is 236 Å². The smallest absolute Gasteiger partial charge is 0.407 e. The van der Waals surface area contributed by atoms with Gasteiger partial charge in [-0.15, -0.1) is 0 Å². The molecule has 6 aliphatic rings. The van der Waals surface area contributed by atoms with Crippen molar-refractivity contribution in [3.63, 3.8) is 0 Å². The minimum absolute atomic E-state index is 0.0998. The van der Waals surface area contributed by atoms with Crippen LogP contribution in [0.15, 0.2) is 54.6 Å². The van der Waals surface area contributed by atoms with Crippen LogP contribution >= 0.6 is 0 Å². The van der Waals surface area contributed by atoms with Gasteiger partial charge >= 0.3 is 12.2 Å². The van der Waals surface area contributed by atoms with Crippen molar-refractivity contribution in [1.29, 1.82) is 0 Å². The first-order chi connectivity index (χ1) is 48.6. The molecule has 3 saturated heterocycles. The molecule has 0 radical (unpaired) electrons. The molecule has 6 heterocycles. The molecule has 3 aromatic carbocycles. The molecular weight excluding hydrogens is 1320 g/mol. The average molecular weight is 1420 g/mol. The number of nitrogens with zero attached hydrogens (tertiary/aromatic N) is 3. The highest BCUT2D eigenvalue weighted by Gasteiger charge is 2.48. The first-order valence-electron chi connectivity index (χ1n) is 35.3. The number of imide groups is 6. The molecule has 0 aromatic heterocycles. The average Bonchev–Trinajstić information content (AvgIpc) is 1.62. The number of hydrogen-bond acceptors (Lipinski definition) is 21. The molecule has 102 heavy (non-hydrogen) atoms. The molecule has 0 aliphatic carbocycles. The van der Waals surface area contributed by atoms with Crippen LogP contribution in [0.5, 0.6) is 0 Å². The van der Waals surface area contributed by atoms with E-state index in [0.29, 0.717) is 85.1 Å². The Hall–Kier alpha value is -9.45. The van der Waals surface area contributed by atoms with Gasteiger partial charge in [-0.3, -0.25) is 88.2 Å². The van der Waals surface area contributed by atoms with Gasteiger partial charge in [0.25, 0.3) is 35.4 Å². The number of benzene rings is 3. The summed E-state index contributed by atoms with van der Waals surface area (Å²) in [7, 11) is 0. The van der Waals surface area contributed by atoms with E-state index >= 15 is 0 Å². The molecule has 9 rings (SSSR count). The lowest BCUT2D eigenvalue weighted by atomic mass is 9.99. The van der Waals surface area contributed by atoms with Crippen LogP contribution in [0, 0.1) is 0 Å².